The number of amides is 4. The number of hydrogen-bond donors (Lipinski definition) is 4. The van der Waals surface area contributed by atoms with E-state index < -0.39 is 29.9 Å². The predicted molar refractivity (Wildman–Crippen MR) is 154 cm³/mol. The molecule has 42 heavy (non-hydrogen) atoms. The molecule has 3 aromatic rings. The van der Waals surface area contributed by atoms with Crippen molar-refractivity contribution in [1.82, 2.24) is 30.8 Å². The molecule has 12 nitrogen and oxygen atoms in total. The number of benzene rings is 1. The van der Waals surface area contributed by atoms with Crippen LogP contribution in [0.3, 0.4) is 0 Å². The molecule has 2 aromatic heterocycles. The zero-order chi connectivity index (χ0) is 30.6. The van der Waals surface area contributed by atoms with Gasteiger partial charge in [-0.05, 0) is 52.0 Å². The van der Waals surface area contributed by atoms with Crippen molar-refractivity contribution in [2.24, 2.45) is 5.92 Å². The minimum absolute atomic E-state index is 0.0348. The fraction of sp³-hybridized carbons (Fsp3) is 0.467. The summed E-state index contributed by atoms with van der Waals surface area (Å²) in [5, 5.41) is 21.7. The van der Waals surface area contributed by atoms with Gasteiger partial charge in [-0.25, -0.2) is 4.98 Å². The highest BCUT2D eigenvalue weighted by Crippen LogP contribution is 2.26. The molecule has 0 fully saturated rings. The van der Waals surface area contributed by atoms with Gasteiger partial charge in [0.25, 0.3) is 5.91 Å². The molecule has 1 aliphatic rings. The molecule has 1 aromatic carbocycles. The molecule has 4 N–H and O–H groups in total. The van der Waals surface area contributed by atoms with Crippen LogP contribution in [-0.4, -0.2) is 51.8 Å². The summed E-state index contributed by atoms with van der Waals surface area (Å²) < 4.78 is 7.57. The third-order valence-electron chi connectivity index (χ3n) is 7.51. The highest BCUT2D eigenvalue weighted by Gasteiger charge is 2.31. The van der Waals surface area contributed by atoms with Crippen LogP contribution in [0.5, 0.6) is 0 Å². The number of fused-ring (bicyclic) bond motifs is 3. The Bertz CT molecular complexity index is 1550. The van der Waals surface area contributed by atoms with Crippen LogP contribution in [0.4, 0.5) is 0 Å². The first-order valence-electron chi connectivity index (χ1n) is 14.1. The van der Waals surface area contributed by atoms with E-state index in [0.29, 0.717) is 37.1 Å². The second-order valence-electron chi connectivity index (χ2n) is 11.0. The standard InChI is InChI=1S/C30H37N7O5/c1-16(2)25-30-36-26(19(5)42-30)29(41)33-17(3)27(39)32-13-9-8-11-22(28(40)35-25)34-24(38)15-37-18(4)21(14-31)20-10-6-7-12-23(20)37/h6-7,10,12,16-17,22,25H,8-9,11,13,15H2,1-5H3,(H,32,39)(H,33,41)(H,34,38)(H,35,40)/t17-,22+,25+/m1/s1. The average molecular weight is 576 g/mol. The largest absolute Gasteiger partial charge is 0.443 e. The van der Waals surface area contributed by atoms with Crippen LogP contribution in [-0.2, 0) is 20.9 Å². The first-order chi connectivity index (χ1) is 20.0. The van der Waals surface area contributed by atoms with Crippen molar-refractivity contribution in [3.8, 4) is 6.07 Å². The molecular weight excluding hydrogens is 538 g/mol. The fourth-order valence-electron chi connectivity index (χ4n) is 5.12. The summed E-state index contributed by atoms with van der Waals surface area (Å²) in [6.45, 7) is 9.01. The maximum absolute atomic E-state index is 13.6. The number of rotatable bonds is 4. The van der Waals surface area contributed by atoms with Crippen molar-refractivity contribution < 1.29 is 23.6 Å². The number of carbonyl (C=O) groups excluding carboxylic acids is 4. The van der Waals surface area contributed by atoms with E-state index in [1.165, 1.54) is 0 Å². The number of aromatic nitrogens is 2. The summed E-state index contributed by atoms with van der Waals surface area (Å²) in [5.74, 6) is -1.42. The fourth-order valence-corrected chi connectivity index (χ4v) is 5.12. The number of nitrogens with one attached hydrogen (secondary N) is 4. The van der Waals surface area contributed by atoms with Gasteiger partial charge in [-0.3, -0.25) is 19.2 Å². The van der Waals surface area contributed by atoms with Crippen LogP contribution in [0.2, 0.25) is 0 Å². The monoisotopic (exact) mass is 575 g/mol. The lowest BCUT2D eigenvalue weighted by atomic mass is 10.0. The van der Waals surface area contributed by atoms with Crippen molar-refractivity contribution in [2.75, 3.05) is 6.54 Å². The molecule has 3 atom stereocenters. The molecule has 0 unspecified atom stereocenters. The van der Waals surface area contributed by atoms with Gasteiger partial charge in [0.15, 0.2) is 5.69 Å². The molecule has 1 aliphatic heterocycles. The molecule has 0 aliphatic carbocycles. The topological polar surface area (TPSA) is 171 Å². The van der Waals surface area contributed by atoms with Gasteiger partial charge in [-0.1, -0.05) is 32.0 Å². The minimum atomic E-state index is -0.877. The number of hydrogen-bond acceptors (Lipinski definition) is 7. The molecule has 4 rings (SSSR count). The van der Waals surface area contributed by atoms with E-state index in [1.54, 1.807) is 25.3 Å². The van der Waals surface area contributed by atoms with E-state index in [0.717, 1.165) is 10.9 Å². The number of carbonyl (C=O) groups is 4. The maximum Gasteiger partial charge on any atom is 0.274 e. The van der Waals surface area contributed by atoms with Crippen molar-refractivity contribution in [2.45, 2.75) is 78.6 Å². The lowest BCUT2D eigenvalue weighted by molar-refractivity contribution is -0.130. The molecule has 0 radical (unpaired) electrons. The van der Waals surface area contributed by atoms with Crippen LogP contribution in [0, 0.1) is 31.1 Å². The highest BCUT2D eigenvalue weighted by molar-refractivity contribution is 5.96. The van der Waals surface area contributed by atoms with Gasteiger partial charge in [0.1, 0.15) is 36.5 Å². The Balaban J connectivity index is 1.60. The van der Waals surface area contributed by atoms with Gasteiger partial charge < -0.3 is 30.3 Å². The number of aryl methyl sites for hydroxylation is 1. The smallest absolute Gasteiger partial charge is 0.274 e. The number of oxazole rings is 1. The van der Waals surface area contributed by atoms with Crippen LogP contribution < -0.4 is 21.3 Å². The third kappa shape index (κ3) is 6.46. The van der Waals surface area contributed by atoms with E-state index in [4.69, 9.17) is 4.42 Å². The maximum atomic E-state index is 13.6. The number of nitrogens with zero attached hydrogens (tertiary/aromatic N) is 3. The van der Waals surface area contributed by atoms with Gasteiger partial charge >= 0.3 is 0 Å². The Kier molecular flexibility index (Phi) is 9.30. The Morgan fingerprint density at radius 2 is 1.90 bits per heavy atom. The molecular formula is C30H37N7O5. The van der Waals surface area contributed by atoms with Gasteiger partial charge in [-0.2, -0.15) is 5.26 Å². The molecule has 2 bridgehead atoms. The first kappa shape index (κ1) is 30.3. The molecule has 4 amide bonds. The van der Waals surface area contributed by atoms with Crippen LogP contribution in [0.1, 0.15) is 79.5 Å². The van der Waals surface area contributed by atoms with E-state index in [1.807, 2.05) is 38.1 Å². The molecule has 222 valence electrons. The summed E-state index contributed by atoms with van der Waals surface area (Å²) in [6, 6.07) is 7.27. The van der Waals surface area contributed by atoms with Crippen molar-refractivity contribution in [1.29, 1.82) is 5.26 Å². The van der Waals surface area contributed by atoms with Crippen LogP contribution >= 0.6 is 0 Å². The average Bonchev–Trinajstić information content (AvgIpc) is 3.46. The summed E-state index contributed by atoms with van der Waals surface area (Å²) in [4.78, 5) is 56.6. The lowest BCUT2D eigenvalue weighted by Crippen LogP contribution is -2.49. The Labute approximate surface area is 244 Å². The van der Waals surface area contributed by atoms with E-state index >= 15 is 0 Å². The van der Waals surface area contributed by atoms with Gasteiger partial charge in [-0.15, -0.1) is 0 Å². The van der Waals surface area contributed by atoms with Gasteiger partial charge in [0.05, 0.1) is 11.1 Å². The third-order valence-corrected chi connectivity index (χ3v) is 7.51. The number of para-hydroxylation sites is 1. The SMILES string of the molecule is Cc1oc2nc1C(=O)N[C@H](C)C(=O)NCCCC[C@H](NC(=O)Cn1c(C)c(C#N)c3ccccc31)C(=O)N[C@H]2C(C)C. The zero-order valence-corrected chi connectivity index (χ0v) is 24.5. The molecule has 0 saturated heterocycles. The Morgan fingerprint density at radius 3 is 2.62 bits per heavy atom. The quantitative estimate of drug-likeness (QED) is 0.370. The minimum Gasteiger partial charge on any atom is -0.443 e. The molecule has 0 saturated carbocycles. The van der Waals surface area contributed by atoms with Crippen LogP contribution in [0.25, 0.3) is 10.9 Å². The van der Waals surface area contributed by atoms with E-state index in [-0.39, 0.29) is 41.6 Å². The van der Waals surface area contributed by atoms with Gasteiger partial charge in [0.2, 0.25) is 23.6 Å². The first-order valence-corrected chi connectivity index (χ1v) is 14.1. The zero-order valence-electron chi connectivity index (χ0n) is 24.5. The Hall–Kier alpha value is -4.66. The molecule has 3 heterocycles. The second kappa shape index (κ2) is 12.9. The van der Waals surface area contributed by atoms with Crippen molar-refractivity contribution >= 4 is 34.5 Å². The molecule has 12 heteroatoms. The summed E-state index contributed by atoms with van der Waals surface area (Å²) >= 11 is 0. The lowest BCUT2D eigenvalue weighted by Gasteiger charge is -2.24. The summed E-state index contributed by atoms with van der Waals surface area (Å²) in [7, 11) is 0. The summed E-state index contributed by atoms with van der Waals surface area (Å²) in [6.07, 6.45) is 1.43. The normalized spacial score (nSPS) is 20.5. The van der Waals surface area contributed by atoms with E-state index in [9.17, 15) is 24.4 Å². The summed E-state index contributed by atoms with van der Waals surface area (Å²) in [5.41, 5.74) is 1.96. The Morgan fingerprint density at radius 1 is 1.17 bits per heavy atom. The van der Waals surface area contributed by atoms with Gasteiger partial charge in [0, 0.05) is 17.6 Å². The second-order valence-corrected chi connectivity index (χ2v) is 11.0. The predicted octanol–water partition coefficient (Wildman–Crippen LogP) is 2.53. The molecule has 0 spiro atoms. The van der Waals surface area contributed by atoms with Crippen LogP contribution in [0.15, 0.2) is 28.7 Å². The van der Waals surface area contributed by atoms with Crippen molar-refractivity contribution in [3.63, 3.8) is 0 Å². The van der Waals surface area contributed by atoms with Crippen molar-refractivity contribution in [3.05, 3.63) is 52.9 Å². The highest BCUT2D eigenvalue weighted by atomic mass is 16.4. The number of nitriles is 1. The van der Waals surface area contributed by atoms with E-state index in [2.05, 4.69) is 32.3 Å².